The number of fused-ring (bicyclic) bond motifs is 1. The van der Waals surface area contributed by atoms with Gasteiger partial charge in [-0.15, -0.1) is 0 Å². The van der Waals surface area contributed by atoms with Crippen LogP contribution in [0, 0.1) is 13.8 Å². The summed E-state index contributed by atoms with van der Waals surface area (Å²) in [4.78, 5) is 9.10. The average Bonchev–Trinajstić information content (AvgIpc) is 2.89. The van der Waals surface area contributed by atoms with Crippen molar-refractivity contribution in [3.63, 3.8) is 0 Å². The highest BCUT2D eigenvalue weighted by Crippen LogP contribution is 2.24. The van der Waals surface area contributed by atoms with Crippen LogP contribution in [-0.4, -0.2) is 26.9 Å². The van der Waals surface area contributed by atoms with Gasteiger partial charge in [0, 0.05) is 13.1 Å². The molecular formula is C17H21N5O. The Bertz CT molecular complexity index is 840. The quantitative estimate of drug-likeness (QED) is 0.784. The summed E-state index contributed by atoms with van der Waals surface area (Å²) in [5.74, 6) is 2.41. The molecule has 0 fully saturated rings. The largest absolute Gasteiger partial charge is 0.497 e. The summed E-state index contributed by atoms with van der Waals surface area (Å²) >= 11 is 0. The first-order chi connectivity index (χ1) is 11.1. The number of nitrogens with one attached hydrogen (secondary N) is 1. The minimum atomic E-state index is 0.663. The van der Waals surface area contributed by atoms with E-state index in [1.807, 2.05) is 36.7 Å². The lowest BCUT2D eigenvalue weighted by atomic mass is 10.2. The standard InChI is InChI=1S/C17H21N5O/c1-5-22-16-15(11(2)21-22)19-12(3)20-17(16)18-10-13-7-6-8-14(9-13)23-4/h6-9H,5,10H2,1-4H3,(H,18,19,20). The van der Waals surface area contributed by atoms with E-state index in [2.05, 4.69) is 33.4 Å². The van der Waals surface area contributed by atoms with E-state index in [-0.39, 0.29) is 0 Å². The first-order valence-electron chi connectivity index (χ1n) is 7.71. The molecule has 0 aliphatic rings. The lowest BCUT2D eigenvalue weighted by Gasteiger charge is -2.10. The molecule has 0 atom stereocenters. The summed E-state index contributed by atoms with van der Waals surface area (Å²) in [7, 11) is 1.67. The van der Waals surface area contributed by atoms with Crippen molar-refractivity contribution in [1.82, 2.24) is 19.7 Å². The summed E-state index contributed by atoms with van der Waals surface area (Å²) < 4.78 is 7.21. The van der Waals surface area contributed by atoms with E-state index < -0.39 is 0 Å². The zero-order chi connectivity index (χ0) is 16.4. The van der Waals surface area contributed by atoms with Gasteiger partial charge in [0.2, 0.25) is 0 Å². The van der Waals surface area contributed by atoms with Gasteiger partial charge in [0.25, 0.3) is 0 Å². The maximum atomic E-state index is 5.27. The Hall–Kier alpha value is -2.63. The normalized spacial score (nSPS) is 11.0. The van der Waals surface area contributed by atoms with E-state index in [0.717, 1.165) is 46.2 Å². The van der Waals surface area contributed by atoms with Crippen LogP contribution in [0.1, 0.15) is 24.0 Å². The van der Waals surface area contributed by atoms with E-state index in [1.165, 1.54) is 0 Å². The average molecular weight is 311 g/mol. The number of hydrogen-bond acceptors (Lipinski definition) is 5. The highest BCUT2D eigenvalue weighted by molar-refractivity contribution is 5.87. The van der Waals surface area contributed by atoms with Gasteiger partial charge < -0.3 is 10.1 Å². The van der Waals surface area contributed by atoms with Crippen LogP contribution < -0.4 is 10.1 Å². The first kappa shape index (κ1) is 15.3. The number of aromatic nitrogens is 4. The zero-order valence-corrected chi connectivity index (χ0v) is 13.9. The van der Waals surface area contributed by atoms with Crippen LogP contribution in [0.4, 0.5) is 5.82 Å². The fourth-order valence-corrected chi connectivity index (χ4v) is 2.66. The number of nitrogens with zero attached hydrogens (tertiary/aromatic N) is 4. The van der Waals surface area contributed by atoms with Gasteiger partial charge in [0.05, 0.1) is 12.8 Å². The molecule has 0 saturated carbocycles. The number of methoxy groups -OCH3 is 1. The molecule has 2 aromatic heterocycles. The number of hydrogen-bond donors (Lipinski definition) is 1. The van der Waals surface area contributed by atoms with Gasteiger partial charge in [-0.25, -0.2) is 9.97 Å². The van der Waals surface area contributed by atoms with Gasteiger partial charge in [-0.05, 0) is 38.5 Å². The Balaban J connectivity index is 1.95. The summed E-state index contributed by atoms with van der Waals surface area (Å²) in [5.41, 5.74) is 3.93. The van der Waals surface area contributed by atoms with Gasteiger partial charge in [0.15, 0.2) is 5.82 Å². The maximum absolute atomic E-state index is 5.27. The fraction of sp³-hybridized carbons (Fsp3) is 0.353. The third kappa shape index (κ3) is 2.97. The predicted octanol–water partition coefficient (Wildman–Crippen LogP) is 3.08. The van der Waals surface area contributed by atoms with Crippen molar-refractivity contribution in [2.45, 2.75) is 33.9 Å². The van der Waals surface area contributed by atoms with E-state index >= 15 is 0 Å². The predicted molar refractivity (Wildman–Crippen MR) is 90.8 cm³/mol. The van der Waals surface area contributed by atoms with Crippen LogP contribution in [0.2, 0.25) is 0 Å². The third-order valence-electron chi connectivity index (χ3n) is 3.76. The van der Waals surface area contributed by atoms with E-state index in [4.69, 9.17) is 4.74 Å². The van der Waals surface area contributed by atoms with Gasteiger partial charge in [0.1, 0.15) is 22.6 Å². The molecule has 0 spiro atoms. The molecule has 0 aliphatic carbocycles. The molecule has 0 aliphatic heterocycles. The van der Waals surface area contributed by atoms with Crippen molar-refractivity contribution < 1.29 is 4.74 Å². The smallest absolute Gasteiger partial charge is 0.156 e. The molecule has 2 heterocycles. The summed E-state index contributed by atoms with van der Waals surface area (Å²) in [5, 5.41) is 7.96. The molecule has 0 saturated heterocycles. The van der Waals surface area contributed by atoms with Crippen molar-refractivity contribution in [3.05, 3.63) is 41.3 Å². The van der Waals surface area contributed by atoms with Gasteiger partial charge in [-0.1, -0.05) is 12.1 Å². The summed E-state index contributed by atoms with van der Waals surface area (Å²) in [6.45, 7) is 7.39. The summed E-state index contributed by atoms with van der Waals surface area (Å²) in [6, 6.07) is 7.99. The lowest BCUT2D eigenvalue weighted by Crippen LogP contribution is -2.07. The Labute approximate surface area is 135 Å². The fourth-order valence-electron chi connectivity index (χ4n) is 2.66. The zero-order valence-electron chi connectivity index (χ0n) is 13.9. The first-order valence-corrected chi connectivity index (χ1v) is 7.71. The number of ether oxygens (including phenoxy) is 1. The second-order valence-corrected chi connectivity index (χ2v) is 5.42. The minimum absolute atomic E-state index is 0.663. The van der Waals surface area contributed by atoms with Gasteiger partial charge >= 0.3 is 0 Å². The van der Waals surface area contributed by atoms with Crippen molar-refractivity contribution >= 4 is 16.9 Å². The van der Waals surface area contributed by atoms with Crippen LogP contribution in [0.5, 0.6) is 5.75 Å². The van der Waals surface area contributed by atoms with Crippen LogP contribution in [0.25, 0.3) is 11.0 Å². The molecule has 3 rings (SSSR count). The number of anilines is 1. The Morgan fingerprint density at radius 3 is 2.78 bits per heavy atom. The Morgan fingerprint density at radius 1 is 1.22 bits per heavy atom. The van der Waals surface area contributed by atoms with Crippen molar-refractivity contribution in [2.75, 3.05) is 12.4 Å². The molecule has 0 bridgehead atoms. The summed E-state index contributed by atoms with van der Waals surface area (Å²) in [6.07, 6.45) is 0. The molecule has 1 aromatic carbocycles. The highest BCUT2D eigenvalue weighted by Gasteiger charge is 2.14. The lowest BCUT2D eigenvalue weighted by molar-refractivity contribution is 0.414. The van der Waals surface area contributed by atoms with E-state index in [9.17, 15) is 0 Å². The highest BCUT2D eigenvalue weighted by atomic mass is 16.5. The van der Waals surface area contributed by atoms with Crippen LogP contribution in [0.3, 0.4) is 0 Å². The Kier molecular flexibility index (Phi) is 4.14. The van der Waals surface area contributed by atoms with Crippen molar-refractivity contribution in [3.8, 4) is 5.75 Å². The topological polar surface area (TPSA) is 64.9 Å². The molecule has 120 valence electrons. The third-order valence-corrected chi connectivity index (χ3v) is 3.76. The second kappa shape index (κ2) is 6.24. The Morgan fingerprint density at radius 2 is 2.04 bits per heavy atom. The number of benzene rings is 1. The molecule has 0 unspecified atom stereocenters. The molecule has 6 nitrogen and oxygen atoms in total. The molecular weight excluding hydrogens is 290 g/mol. The van der Waals surface area contributed by atoms with E-state index in [0.29, 0.717) is 6.54 Å². The minimum Gasteiger partial charge on any atom is -0.497 e. The van der Waals surface area contributed by atoms with Gasteiger partial charge in [-0.2, -0.15) is 5.10 Å². The SMILES string of the molecule is CCn1nc(C)c2nc(C)nc(NCc3cccc(OC)c3)c21. The van der Waals surface area contributed by atoms with Gasteiger partial charge in [-0.3, -0.25) is 4.68 Å². The maximum Gasteiger partial charge on any atom is 0.156 e. The molecule has 23 heavy (non-hydrogen) atoms. The molecule has 1 N–H and O–H groups in total. The number of rotatable bonds is 5. The van der Waals surface area contributed by atoms with E-state index in [1.54, 1.807) is 7.11 Å². The number of aryl methyl sites for hydroxylation is 3. The van der Waals surface area contributed by atoms with Crippen LogP contribution in [0.15, 0.2) is 24.3 Å². The molecule has 0 amide bonds. The molecule has 3 aromatic rings. The monoisotopic (exact) mass is 311 g/mol. The van der Waals surface area contributed by atoms with Crippen LogP contribution >= 0.6 is 0 Å². The van der Waals surface area contributed by atoms with Crippen molar-refractivity contribution in [2.24, 2.45) is 0 Å². The van der Waals surface area contributed by atoms with Crippen LogP contribution in [-0.2, 0) is 13.1 Å². The second-order valence-electron chi connectivity index (χ2n) is 5.42. The molecule has 0 radical (unpaired) electrons. The van der Waals surface area contributed by atoms with Crippen molar-refractivity contribution in [1.29, 1.82) is 0 Å². The molecule has 6 heteroatoms.